The highest BCUT2D eigenvalue weighted by Crippen LogP contribution is 2.24. The van der Waals surface area contributed by atoms with Crippen molar-refractivity contribution in [2.45, 2.75) is 58.8 Å². The van der Waals surface area contributed by atoms with Gasteiger partial charge >= 0.3 is 0 Å². The lowest BCUT2D eigenvalue weighted by atomic mass is 10.1. The second-order valence-electron chi connectivity index (χ2n) is 7.72. The van der Waals surface area contributed by atoms with Crippen molar-refractivity contribution in [1.82, 2.24) is 15.0 Å². The van der Waals surface area contributed by atoms with E-state index < -0.39 is 0 Å². The van der Waals surface area contributed by atoms with Crippen LogP contribution in [0.3, 0.4) is 0 Å². The second kappa shape index (κ2) is 11.7. The van der Waals surface area contributed by atoms with Gasteiger partial charge in [-0.15, -0.1) is 0 Å². The number of hydrogen-bond acceptors (Lipinski definition) is 5. The summed E-state index contributed by atoms with van der Waals surface area (Å²) in [6, 6.07) is 9.90. The maximum absolute atomic E-state index is 6.07. The Bertz CT molecular complexity index is 944. The van der Waals surface area contributed by atoms with Crippen molar-refractivity contribution in [1.29, 1.82) is 0 Å². The maximum atomic E-state index is 6.07. The number of benzene rings is 1. The lowest BCUT2D eigenvalue weighted by molar-refractivity contribution is 0.644. The number of aryl methyl sites for hydroxylation is 2. The predicted molar refractivity (Wildman–Crippen MR) is 128 cm³/mol. The fourth-order valence-corrected chi connectivity index (χ4v) is 3.70. The summed E-state index contributed by atoms with van der Waals surface area (Å²) < 4.78 is 0. The van der Waals surface area contributed by atoms with Crippen LogP contribution in [0.15, 0.2) is 36.5 Å². The molecule has 2 aromatic heterocycles. The van der Waals surface area contributed by atoms with Crippen LogP contribution in [0.25, 0.3) is 10.9 Å². The Kier molecular flexibility index (Phi) is 8.69. The Morgan fingerprint density at radius 2 is 1.73 bits per heavy atom. The first kappa shape index (κ1) is 22.3. The third kappa shape index (κ3) is 6.84. The molecule has 160 valence electrons. The van der Waals surface area contributed by atoms with Crippen LogP contribution in [0.2, 0.25) is 5.02 Å². The zero-order valence-corrected chi connectivity index (χ0v) is 18.8. The van der Waals surface area contributed by atoms with Gasteiger partial charge in [-0.05, 0) is 56.5 Å². The van der Waals surface area contributed by atoms with Crippen molar-refractivity contribution >= 4 is 34.1 Å². The van der Waals surface area contributed by atoms with Gasteiger partial charge in [0.25, 0.3) is 0 Å². The van der Waals surface area contributed by atoms with Gasteiger partial charge in [-0.3, -0.25) is 4.98 Å². The SMILES string of the molecule is CCCCCCCNc1nc(C)cc(CCCNc2ccnc3cc(Cl)ccc23)n1. The fourth-order valence-electron chi connectivity index (χ4n) is 3.54. The van der Waals surface area contributed by atoms with Crippen molar-refractivity contribution in [2.75, 3.05) is 23.7 Å². The number of aromatic nitrogens is 3. The van der Waals surface area contributed by atoms with E-state index in [1.54, 1.807) is 0 Å². The summed E-state index contributed by atoms with van der Waals surface area (Å²) in [6.07, 6.45) is 10.1. The summed E-state index contributed by atoms with van der Waals surface area (Å²) in [7, 11) is 0. The lowest BCUT2D eigenvalue weighted by Crippen LogP contribution is -2.09. The molecule has 1 aromatic carbocycles. The average Bonchev–Trinajstić information content (AvgIpc) is 2.73. The van der Waals surface area contributed by atoms with Crippen LogP contribution in [0.4, 0.5) is 11.6 Å². The molecule has 0 unspecified atom stereocenters. The number of fused-ring (bicyclic) bond motifs is 1. The van der Waals surface area contributed by atoms with Crippen LogP contribution in [0.1, 0.15) is 56.8 Å². The van der Waals surface area contributed by atoms with E-state index >= 15 is 0 Å². The van der Waals surface area contributed by atoms with Gasteiger partial charge in [-0.1, -0.05) is 44.2 Å². The molecule has 0 aliphatic rings. The van der Waals surface area contributed by atoms with E-state index in [9.17, 15) is 0 Å². The standard InChI is InChI=1S/C24H32ClN5/c1-3-4-5-6-7-13-28-24-29-18(2)16-20(30-24)9-8-14-26-22-12-15-27-23-17-19(25)10-11-21(22)23/h10-12,15-17H,3-9,13-14H2,1-2H3,(H,26,27)(H,28,29,30). The van der Waals surface area contributed by atoms with Crippen molar-refractivity contribution < 1.29 is 0 Å². The van der Waals surface area contributed by atoms with Gasteiger partial charge in [0.2, 0.25) is 5.95 Å². The highest BCUT2D eigenvalue weighted by Gasteiger charge is 2.05. The van der Waals surface area contributed by atoms with E-state index in [1.807, 2.05) is 37.4 Å². The van der Waals surface area contributed by atoms with Gasteiger partial charge in [0.15, 0.2) is 0 Å². The van der Waals surface area contributed by atoms with Gasteiger partial charge in [0, 0.05) is 46.8 Å². The van der Waals surface area contributed by atoms with Gasteiger partial charge in [0.1, 0.15) is 0 Å². The van der Waals surface area contributed by atoms with E-state index in [-0.39, 0.29) is 0 Å². The quantitative estimate of drug-likeness (QED) is 0.328. The molecular weight excluding hydrogens is 394 g/mol. The average molecular weight is 426 g/mol. The summed E-state index contributed by atoms with van der Waals surface area (Å²) in [4.78, 5) is 13.6. The number of rotatable bonds is 12. The molecule has 0 bridgehead atoms. The monoisotopic (exact) mass is 425 g/mol. The minimum atomic E-state index is 0.705. The number of nitrogens with one attached hydrogen (secondary N) is 2. The first-order chi connectivity index (χ1) is 14.7. The topological polar surface area (TPSA) is 62.7 Å². The molecule has 0 atom stereocenters. The Morgan fingerprint density at radius 1 is 0.900 bits per heavy atom. The maximum Gasteiger partial charge on any atom is 0.223 e. The molecule has 2 heterocycles. The van der Waals surface area contributed by atoms with Crippen LogP contribution in [-0.4, -0.2) is 28.0 Å². The third-order valence-electron chi connectivity index (χ3n) is 5.10. The highest BCUT2D eigenvalue weighted by molar-refractivity contribution is 6.31. The second-order valence-corrected chi connectivity index (χ2v) is 8.15. The fraction of sp³-hybridized carbons (Fsp3) is 0.458. The molecule has 0 fully saturated rings. The normalized spacial score (nSPS) is 11.0. The van der Waals surface area contributed by atoms with Crippen molar-refractivity contribution in [2.24, 2.45) is 0 Å². The molecule has 30 heavy (non-hydrogen) atoms. The molecule has 0 spiro atoms. The Labute approximate surface area is 184 Å². The number of pyridine rings is 1. The Hall–Kier alpha value is -2.40. The summed E-state index contributed by atoms with van der Waals surface area (Å²) >= 11 is 6.07. The van der Waals surface area contributed by atoms with Gasteiger partial charge in [0.05, 0.1) is 5.52 Å². The van der Waals surface area contributed by atoms with E-state index in [0.29, 0.717) is 5.02 Å². The summed E-state index contributed by atoms with van der Waals surface area (Å²) in [5, 5.41) is 8.70. The number of nitrogens with zero attached hydrogens (tertiary/aromatic N) is 3. The number of unbranched alkanes of at least 4 members (excludes halogenated alkanes) is 4. The lowest BCUT2D eigenvalue weighted by Gasteiger charge is -2.11. The molecule has 0 aliphatic heterocycles. The van der Waals surface area contributed by atoms with Crippen LogP contribution >= 0.6 is 11.6 Å². The molecular formula is C24H32ClN5. The molecule has 0 saturated heterocycles. The Morgan fingerprint density at radius 3 is 2.60 bits per heavy atom. The van der Waals surface area contributed by atoms with E-state index in [1.165, 1.54) is 32.1 Å². The van der Waals surface area contributed by atoms with Gasteiger partial charge in [-0.25, -0.2) is 9.97 Å². The Balaban J connectivity index is 1.47. The number of halogens is 1. The zero-order valence-electron chi connectivity index (χ0n) is 18.0. The van der Waals surface area contributed by atoms with Crippen LogP contribution in [-0.2, 0) is 6.42 Å². The largest absolute Gasteiger partial charge is 0.384 e. The highest BCUT2D eigenvalue weighted by atomic mass is 35.5. The van der Waals surface area contributed by atoms with E-state index in [4.69, 9.17) is 16.6 Å². The molecule has 0 radical (unpaired) electrons. The van der Waals surface area contributed by atoms with E-state index in [0.717, 1.165) is 59.9 Å². The molecule has 0 amide bonds. The minimum Gasteiger partial charge on any atom is -0.384 e. The molecule has 0 aliphatic carbocycles. The summed E-state index contributed by atoms with van der Waals surface area (Å²) in [5.41, 5.74) is 4.09. The number of anilines is 2. The molecule has 5 nitrogen and oxygen atoms in total. The summed E-state index contributed by atoms with van der Waals surface area (Å²) in [5.74, 6) is 0.755. The number of hydrogen-bond donors (Lipinski definition) is 2. The molecule has 3 aromatic rings. The van der Waals surface area contributed by atoms with E-state index in [2.05, 4.69) is 33.6 Å². The van der Waals surface area contributed by atoms with Crippen LogP contribution in [0.5, 0.6) is 0 Å². The van der Waals surface area contributed by atoms with Crippen LogP contribution < -0.4 is 10.6 Å². The summed E-state index contributed by atoms with van der Waals surface area (Å²) in [6.45, 7) is 6.08. The molecule has 2 N–H and O–H groups in total. The molecule has 6 heteroatoms. The van der Waals surface area contributed by atoms with Crippen LogP contribution in [0, 0.1) is 6.92 Å². The van der Waals surface area contributed by atoms with Gasteiger partial charge < -0.3 is 10.6 Å². The molecule has 0 saturated carbocycles. The predicted octanol–water partition coefficient (Wildman–Crippen LogP) is 6.41. The third-order valence-corrected chi connectivity index (χ3v) is 5.34. The minimum absolute atomic E-state index is 0.705. The van der Waals surface area contributed by atoms with Crippen molar-refractivity contribution in [3.63, 3.8) is 0 Å². The van der Waals surface area contributed by atoms with Crippen molar-refractivity contribution in [3.8, 4) is 0 Å². The first-order valence-electron chi connectivity index (χ1n) is 11.0. The van der Waals surface area contributed by atoms with Crippen molar-refractivity contribution in [3.05, 3.63) is 52.9 Å². The first-order valence-corrected chi connectivity index (χ1v) is 11.4. The van der Waals surface area contributed by atoms with Gasteiger partial charge in [-0.2, -0.15) is 0 Å². The molecule has 3 rings (SSSR count). The zero-order chi connectivity index (χ0) is 21.2. The smallest absolute Gasteiger partial charge is 0.223 e.